The first-order valence-corrected chi connectivity index (χ1v) is 7.38. The number of amides is 1. The second-order valence-electron chi connectivity index (χ2n) is 4.41. The van der Waals surface area contributed by atoms with Crippen LogP contribution in [-0.4, -0.2) is 82.1 Å². The highest BCUT2D eigenvalue weighted by Crippen LogP contribution is 2.21. The number of carbonyl (C=O) groups excluding carboxylic acids is 1. The van der Waals surface area contributed by atoms with Gasteiger partial charge in [-0.3, -0.25) is 4.79 Å². The Morgan fingerprint density at radius 3 is 2.55 bits per heavy atom. The van der Waals surface area contributed by atoms with Crippen molar-refractivity contribution in [2.45, 2.75) is 37.1 Å². The lowest BCUT2D eigenvalue weighted by Crippen LogP contribution is -2.59. The molecule has 1 amide bonds. The first-order valence-electron chi connectivity index (χ1n) is 6.26. The Morgan fingerprint density at radius 1 is 1.25 bits per heavy atom. The molecule has 0 bridgehead atoms. The zero-order chi connectivity index (χ0) is 15.1. The number of alkyl halides is 1. The molecule has 0 aromatic heterocycles. The maximum atomic E-state index is 10.9. The number of hydrogen-bond acceptors (Lipinski definition) is 7. The zero-order valence-corrected chi connectivity index (χ0v) is 12.4. The summed E-state index contributed by atoms with van der Waals surface area (Å²) in [6, 6.07) is 0. The molecule has 0 spiro atoms. The highest BCUT2D eigenvalue weighted by Gasteiger charge is 2.43. The molecular weight excluding hydrogens is 338 g/mol. The third-order valence-corrected chi connectivity index (χ3v) is 3.40. The van der Waals surface area contributed by atoms with E-state index in [1.54, 1.807) is 0 Å². The van der Waals surface area contributed by atoms with Gasteiger partial charge in [0.25, 0.3) is 0 Å². The molecule has 9 heteroatoms. The van der Waals surface area contributed by atoms with Crippen molar-refractivity contribution in [1.29, 1.82) is 0 Å². The van der Waals surface area contributed by atoms with Gasteiger partial charge in [-0.1, -0.05) is 15.9 Å². The van der Waals surface area contributed by atoms with E-state index in [1.165, 1.54) is 0 Å². The predicted molar refractivity (Wildman–Crippen MR) is 71.1 cm³/mol. The van der Waals surface area contributed by atoms with Crippen molar-refractivity contribution in [2.24, 2.45) is 0 Å². The second-order valence-corrected chi connectivity index (χ2v) is 4.97. The molecule has 1 rings (SSSR count). The van der Waals surface area contributed by atoms with Crippen molar-refractivity contribution in [1.82, 2.24) is 5.32 Å². The van der Waals surface area contributed by atoms with Crippen molar-refractivity contribution < 1.29 is 34.7 Å². The van der Waals surface area contributed by atoms with Crippen molar-refractivity contribution >= 4 is 21.8 Å². The third-order valence-electron chi connectivity index (χ3n) is 2.90. The van der Waals surface area contributed by atoms with E-state index in [4.69, 9.17) is 14.6 Å². The lowest BCUT2D eigenvalue weighted by atomic mass is 9.99. The van der Waals surface area contributed by atoms with Gasteiger partial charge in [-0.05, 0) is 6.42 Å². The first kappa shape index (κ1) is 17.8. The third kappa shape index (κ3) is 4.92. The number of nitrogens with one attached hydrogen (secondary N) is 1. The van der Waals surface area contributed by atoms with E-state index in [0.29, 0.717) is 13.0 Å². The number of aliphatic hydroxyl groups is 4. The Kier molecular flexibility index (Phi) is 7.88. The minimum Gasteiger partial charge on any atom is -0.394 e. The molecule has 0 radical (unpaired) electrons. The first-order chi connectivity index (χ1) is 9.51. The fourth-order valence-corrected chi connectivity index (χ4v) is 1.95. The quantitative estimate of drug-likeness (QED) is 0.256. The fraction of sp³-hybridized carbons (Fsp3) is 0.909. The Morgan fingerprint density at radius 2 is 1.95 bits per heavy atom. The van der Waals surface area contributed by atoms with E-state index in [-0.39, 0.29) is 17.8 Å². The van der Waals surface area contributed by atoms with Gasteiger partial charge in [-0.25, -0.2) is 0 Å². The number of aliphatic hydroxyl groups excluding tert-OH is 4. The molecule has 0 aromatic rings. The Balaban J connectivity index is 2.30. The van der Waals surface area contributed by atoms with Crippen LogP contribution in [0.2, 0.25) is 0 Å². The van der Waals surface area contributed by atoms with Crippen molar-refractivity contribution in [2.75, 3.05) is 25.1 Å². The van der Waals surface area contributed by atoms with Crippen LogP contribution in [0.3, 0.4) is 0 Å². The van der Waals surface area contributed by atoms with Crippen LogP contribution in [0, 0.1) is 0 Å². The summed E-state index contributed by atoms with van der Waals surface area (Å²) < 4.78 is 10.4. The molecule has 118 valence electrons. The van der Waals surface area contributed by atoms with Gasteiger partial charge < -0.3 is 35.2 Å². The normalized spacial score (nSPS) is 34.0. The number of halogens is 1. The molecule has 0 aromatic carbocycles. The summed E-state index contributed by atoms with van der Waals surface area (Å²) in [7, 11) is 0. The highest BCUT2D eigenvalue weighted by molar-refractivity contribution is 9.09. The molecule has 1 fully saturated rings. The fourth-order valence-electron chi connectivity index (χ4n) is 1.75. The Hall–Kier alpha value is -0.290. The van der Waals surface area contributed by atoms with E-state index in [1.807, 2.05) is 0 Å². The lowest BCUT2D eigenvalue weighted by molar-refractivity contribution is -0.301. The van der Waals surface area contributed by atoms with Crippen LogP contribution in [0.25, 0.3) is 0 Å². The largest absolute Gasteiger partial charge is 0.394 e. The Labute approximate surface area is 124 Å². The van der Waals surface area contributed by atoms with Crippen LogP contribution in [-0.2, 0) is 14.3 Å². The summed E-state index contributed by atoms with van der Waals surface area (Å²) in [4.78, 5) is 10.9. The zero-order valence-electron chi connectivity index (χ0n) is 10.8. The van der Waals surface area contributed by atoms with E-state index in [9.17, 15) is 20.1 Å². The van der Waals surface area contributed by atoms with Gasteiger partial charge in [0.15, 0.2) is 6.29 Å². The Bertz CT molecular complexity index is 304. The SMILES string of the molecule is O=C(CBr)NCCCO[C@@H]1O[C@H](CO)[C@@H](O)[C@H](O)[C@H]1O. The summed E-state index contributed by atoms with van der Waals surface area (Å²) in [6.45, 7) is 0.0965. The molecule has 1 aliphatic rings. The summed E-state index contributed by atoms with van der Waals surface area (Å²) in [5.74, 6) is -0.141. The average Bonchev–Trinajstić information content (AvgIpc) is 2.46. The van der Waals surface area contributed by atoms with Gasteiger partial charge in [0.2, 0.25) is 5.91 Å². The summed E-state index contributed by atoms with van der Waals surface area (Å²) >= 11 is 3.01. The summed E-state index contributed by atoms with van der Waals surface area (Å²) in [5.41, 5.74) is 0. The molecule has 0 aliphatic carbocycles. The van der Waals surface area contributed by atoms with Gasteiger partial charge in [0.1, 0.15) is 24.4 Å². The number of carbonyl (C=O) groups is 1. The average molecular weight is 358 g/mol. The molecule has 5 N–H and O–H groups in total. The number of rotatable bonds is 7. The van der Waals surface area contributed by atoms with Gasteiger partial charge in [-0.2, -0.15) is 0 Å². The maximum Gasteiger partial charge on any atom is 0.230 e. The predicted octanol–water partition coefficient (Wildman–Crippen LogP) is -2.30. The molecule has 1 aliphatic heterocycles. The van der Waals surface area contributed by atoms with Crippen LogP contribution < -0.4 is 5.32 Å². The van der Waals surface area contributed by atoms with Crippen LogP contribution in [0.1, 0.15) is 6.42 Å². The van der Waals surface area contributed by atoms with Crippen LogP contribution in [0.5, 0.6) is 0 Å². The van der Waals surface area contributed by atoms with Crippen molar-refractivity contribution in [3.63, 3.8) is 0 Å². The monoisotopic (exact) mass is 357 g/mol. The molecule has 0 saturated carbocycles. The minimum absolute atomic E-state index is 0.141. The maximum absolute atomic E-state index is 10.9. The van der Waals surface area contributed by atoms with Crippen LogP contribution in [0.4, 0.5) is 0 Å². The minimum atomic E-state index is -1.45. The second kappa shape index (κ2) is 8.88. The van der Waals surface area contributed by atoms with E-state index in [0.717, 1.165) is 0 Å². The molecule has 0 unspecified atom stereocenters. The van der Waals surface area contributed by atoms with E-state index >= 15 is 0 Å². The molecule has 5 atom stereocenters. The molecule has 20 heavy (non-hydrogen) atoms. The lowest BCUT2D eigenvalue weighted by Gasteiger charge is -2.39. The van der Waals surface area contributed by atoms with Gasteiger partial charge in [-0.15, -0.1) is 0 Å². The molecule has 1 saturated heterocycles. The molecule has 1 heterocycles. The summed E-state index contributed by atoms with van der Waals surface area (Å²) in [6.07, 6.45) is -5.85. The highest BCUT2D eigenvalue weighted by atomic mass is 79.9. The number of hydrogen-bond donors (Lipinski definition) is 5. The van der Waals surface area contributed by atoms with Gasteiger partial charge in [0, 0.05) is 6.54 Å². The van der Waals surface area contributed by atoms with Crippen LogP contribution in [0.15, 0.2) is 0 Å². The van der Waals surface area contributed by atoms with Crippen molar-refractivity contribution in [3.05, 3.63) is 0 Å². The molecule has 8 nitrogen and oxygen atoms in total. The summed E-state index contributed by atoms with van der Waals surface area (Å²) in [5, 5.41) is 40.6. The van der Waals surface area contributed by atoms with Crippen molar-refractivity contribution in [3.8, 4) is 0 Å². The van der Waals surface area contributed by atoms with Gasteiger partial charge >= 0.3 is 0 Å². The standard InChI is InChI=1S/C11H20BrNO7/c12-4-7(15)13-2-1-3-19-11-10(18)9(17)8(16)6(5-14)20-11/h6,8-11,14,16-18H,1-5H2,(H,13,15)/t6-,8-,9+,10-,11-/m1/s1. The van der Waals surface area contributed by atoms with E-state index in [2.05, 4.69) is 21.2 Å². The van der Waals surface area contributed by atoms with E-state index < -0.39 is 37.3 Å². The van der Waals surface area contributed by atoms with Crippen LogP contribution >= 0.6 is 15.9 Å². The number of ether oxygens (including phenoxy) is 2. The smallest absolute Gasteiger partial charge is 0.230 e. The topological polar surface area (TPSA) is 128 Å². The molecular formula is C11H20BrNO7. The van der Waals surface area contributed by atoms with Gasteiger partial charge in [0.05, 0.1) is 18.5 Å².